The Morgan fingerprint density at radius 2 is 2.44 bits per heavy atom. The van der Waals surface area contributed by atoms with Crippen molar-refractivity contribution >= 4 is 11.8 Å². The van der Waals surface area contributed by atoms with E-state index in [0.29, 0.717) is 0 Å². The van der Waals surface area contributed by atoms with Gasteiger partial charge in [-0.2, -0.15) is 10.4 Å². The quantitative estimate of drug-likeness (QED) is 0.705. The second-order valence-corrected chi connectivity index (χ2v) is 2.83. The average Bonchev–Trinajstić information content (AvgIpc) is 2.28. The van der Waals surface area contributed by atoms with Crippen LogP contribution in [0.3, 0.4) is 0 Å². The summed E-state index contributed by atoms with van der Waals surface area (Å²) < 4.78 is 0. The number of rotatable bonds is 4. The summed E-state index contributed by atoms with van der Waals surface area (Å²) in [5.41, 5.74) is 0.242. The molecule has 1 rings (SSSR count). The molecule has 0 spiro atoms. The Labute approximate surface area is 92.1 Å². The van der Waals surface area contributed by atoms with Crippen molar-refractivity contribution in [2.45, 2.75) is 0 Å². The van der Waals surface area contributed by atoms with Gasteiger partial charge in [0.1, 0.15) is 12.6 Å². The maximum absolute atomic E-state index is 10.6. The molecule has 0 amide bonds. The zero-order valence-corrected chi connectivity index (χ0v) is 8.29. The van der Waals surface area contributed by atoms with Crippen LogP contribution < -0.4 is 4.90 Å². The van der Waals surface area contributed by atoms with Gasteiger partial charge in [-0.3, -0.25) is 4.79 Å². The predicted octanol–water partition coefficient (Wildman–Crippen LogP) is -0.128. The van der Waals surface area contributed by atoms with Crippen molar-refractivity contribution in [2.75, 3.05) is 18.0 Å². The summed E-state index contributed by atoms with van der Waals surface area (Å²) >= 11 is 0. The molecule has 1 N–H and O–H groups in total. The van der Waals surface area contributed by atoms with Crippen LogP contribution in [0.15, 0.2) is 12.3 Å². The Bertz CT molecular complexity index is 472. The van der Waals surface area contributed by atoms with Crippen LogP contribution in [-0.4, -0.2) is 34.4 Å². The van der Waals surface area contributed by atoms with Crippen LogP contribution in [0.5, 0.6) is 0 Å². The lowest BCUT2D eigenvalue weighted by Gasteiger charge is -2.18. The van der Waals surface area contributed by atoms with Gasteiger partial charge >= 0.3 is 5.97 Å². The van der Waals surface area contributed by atoms with Crippen molar-refractivity contribution in [3.8, 4) is 18.4 Å². The molecule has 0 saturated carbocycles. The molecule has 0 fully saturated rings. The fourth-order valence-corrected chi connectivity index (χ4v) is 1.12. The minimum atomic E-state index is -1.05. The number of aromatic nitrogens is 2. The Morgan fingerprint density at radius 3 is 3.00 bits per heavy atom. The zero-order valence-electron chi connectivity index (χ0n) is 8.29. The van der Waals surface area contributed by atoms with E-state index >= 15 is 0 Å². The molecule has 0 radical (unpaired) electrons. The monoisotopic (exact) mass is 216 g/mol. The van der Waals surface area contributed by atoms with Crippen LogP contribution in [0.25, 0.3) is 0 Å². The highest BCUT2D eigenvalue weighted by Gasteiger charge is 2.15. The van der Waals surface area contributed by atoms with Crippen LogP contribution in [0.2, 0.25) is 0 Å². The minimum Gasteiger partial charge on any atom is -0.480 e. The van der Waals surface area contributed by atoms with E-state index in [0.717, 1.165) is 0 Å². The molecule has 0 aromatic carbocycles. The van der Waals surface area contributed by atoms with Gasteiger partial charge in [0.15, 0.2) is 5.82 Å². The molecule has 80 valence electrons. The molecule has 16 heavy (non-hydrogen) atoms. The molecule has 1 aromatic rings. The molecule has 0 bridgehead atoms. The van der Waals surface area contributed by atoms with E-state index in [1.54, 1.807) is 0 Å². The molecule has 1 aromatic heterocycles. The standard InChI is InChI=1S/C10H8N4O2/c1-2-5-14(7-9(15)16)10-8(6-11)3-4-12-13-10/h1,3-4H,5,7H2,(H,15,16). The number of aliphatic carboxylic acids is 1. The number of hydrogen-bond acceptors (Lipinski definition) is 5. The summed E-state index contributed by atoms with van der Waals surface area (Å²) in [6.45, 7) is -0.267. The number of nitriles is 1. The van der Waals surface area contributed by atoms with Gasteiger partial charge < -0.3 is 10.0 Å². The number of carbonyl (C=O) groups is 1. The molecule has 6 heteroatoms. The van der Waals surface area contributed by atoms with Crippen LogP contribution >= 0.6 is 0 Å². The first-order chi connectivity index (χ1) is 7.69. The van der Waals surface area contributed by atoms with Gasteiger partial charge in [0.25, 0.3) is 0 Å². The van der Waals surface area contributed by atoms with Crippen LogP contribution in [-0.2, 0) is 4.79 Å². The number of carboxylic acids is 1. The van der Waals surface area contributed by atoms with Gasteiger partial charge in [0, 0.05) is 0 Å². The number of carboxylic acid groups (broad SMARTS) is 1. The molecule has 0 saturated heterocycles. The number of nitrogens with zero attached hydrogens (tertiary/aromatic N) is 4. The highest BCUT2D eigenvalue weighted by molar-refractivity contribution is 5.74. The van der Waals surface area contributed by atoms with E-state index in [1.807, 2.05) is 6.07 Å². The molecule has 0 aliphatic rings. The molecule has 0 unspecified atom stereocenters. The third-order valence-electron chi connectivity index (χ3n) is 1.73. The van der Waals surface area contributed by atoms with E-state index in [4.69, 9.17) is 16.8 Å². The van der Waals surface area contributed by atoms with E-state index in [-0.39, 0.29) is 24.5 Å². The first-order valence-electron chi connectivity index (χ1n) is 4.31. The van der Waals surface area contributed by atoms with Gasteiger partial charge in [-0.15, -0.1) is 11.5 Å². The first-order valence-corrected chi connectivity index (χ1v) is 4.31. The van der Waals surface area contributed by atoms with Gasteiger partial charge in [0.05, 0.1) is 18.3 Å². The van der Waals surface area contributed by atoms with Gasteiger partial charge in [-0.25, -0.2) is 0 Å². The van der Waals surface area contributed by atoms with Gasteiger partial charge in [-0.1, -0.05) is 5.92 Å². The normalized spacial score (nSPS) is 8.88. The van der Waals surface area contributed by atoms with Gasteiger partial charge in [-0.05, 0) is 6.07 Å². The molecule has 0 atom stereocenters. The molecular weight excluding hydrogens is 208 g/mol. The second kappa shape index (κ2) is 5.32. The molecule has 6 nitrogen and oxygen atoms in total. The Kier molecular flexibility index (Phi) is 3.82. The highest BCUT2D eigenvalue weighted by Crippen LogP contribution is 2.14. The highest BCUT2D eigenvalue weighted by atomic mass is 16.4. The topological polar surface area (TPSA) is 90.1 Å². The van der Waals surface area contributed by atoms with E-state index < -0.39 is 5.97 Å². The lowest BCUT2D eigenvalue weighted by molar-refractivity contribution is -0.135. The summed E-state index contributed by atoms with van der Waals surface area (Å²) in [4.78, 5) is 11.9. The zero-order chi connectivity index (χ0) is 12.0. The van der Waals surface area contributed by atoms with Crippen molar-refractivity contribution in [1.82, 2.24) is 10.2 Å². The smallest absolute Gasteiger partial charge is 0.323 e. The fraction of sp³-hybridized carbons (Fsp3) is 0.200. The van der Waals surface area contributed by atoms with E-state index in [1.165, 1.54) is 17.2 Å². The van der Waals surface area contributed by atoms with Crippen LogP contribution in [0.1, 0.15) is 5.56 Å². The summed E-state index contributed by atoms with van der Waals surface area (Å²) in [7, 11) is 0. The Hall–Kier alpha value is -2.60. The summed E-state index contributed by atoms with van der Waals surface area (Å²) in [6.07, 6.45) is 6.48. The van der Waals surface area contributed by atoms with Crippen LogP contribution in [0.4, 0.5) is 5.82 Å². The number of terminal acetylenes is 1. The van der Waals surface area contributed by atoms with Gasteiger partial charge in [0.2, 0.25) is 0 Å². The van der Waals surface area contributed by atoms with E-state index in [9.17, 15) is 4.79 Å². The number of anilines is 1. The summed E-state index contributed by atoms with van der Waals surface area (Å²) in [5, 5.41) is 24.8. The van der Waals surface area contributed by atoms with Crippen molar-refractivity contribution in [3.05, 3.63) is 17.8 Å². The second-order valence-electron chi connectivity index (χ2n) is 2.83. The molecule has 0 aliphatic heterocycles. The SMILES string of the molecule is C#CCN(CC(=O)O)c1nnccc1C#N. The van der Waals surface area contributed by atoms with Crippen molar-refractivity contribution in [1.29, 1.82) is 5.26 Å². The third kappa shape index (κ3) is 2.69. The summed E-state index contributed by atoms with van der Waals surface area (Å²) in [6, 6.07) is 3.35. The van der Waals surface area contributed by atoms with Crippen molar-refractivity contribution in [3.63, 3.8) is 0 Å². The maximum Gasteiger partial charge on any atom is 0.323 e. The first kappa shape index (κ1) is 11.5. The van der Waals surface area contributed by atoms with Crippen LogP contribution in [0, 0.1) is 23.7 Å². The van der Waals surface area contributed by atoms with E-state index in [2.05, 4.69) is 16.1 Å². The lowest BCUT2D eigenvalue weighted by Crippen LogP contribution is -2.31. The number of hydrogen-bond donors (Lipinski definition) is 1. The minimum absolute atomic E-state index is 0.0552. The maximum atomic E-state index is 10.6. The Morgan fingerprint density at radius 1 is 1.69 bits per heavy atom. The lowest BCUT2D eigenvalue weighted by atomic mass is 10.3. The Balaban J connectivity index is 3.06. The molecule has 1 heterocycles. The average molecular weight is 216 g/mol. The largest absolute Gasteiger partial charge is 0.480 e. The third-order valence-corrected chi connectivity index (χ3v) is 1.73. The molecule has 0 aliphatic carbocycles. The summed E-state index contributed by atoms with van der Waals surface area (Å²) in [5.74, 6) is 1.44. The van der Waals surface area contributed by atoms with Crippen molar-refractivity contribution < 1.29 is 9.90 Å². The van der Waals surface area contributed by atoms with Crippen molar-refractivity contribution in [2.24, 2.45) is 0 Å². The molecular formula is C10H8N4O2. The predicted molar refractivity (Wildman–Crippen MR) is 55.4 cm³/mol. The fourth-order valence-electron chi connectivity index (χ4n) is 1.12.